The minimum Gasteiger partial charge on any atom is -0.348 e. The topological polar surface area (TPSA) is 71.4 Å². The highest BCUT2D eigenvalue weighted by molar-refractivity contribution is 6.11. The standard InChI is InChI=1S/C27H28FN3O3/c1-17-5-9-21(10-6-17)27(4)25(33)31(26(34)29-27)16-24(32)23-15-18(2)30(19(23)3)14-13-20-7-11-22(28)12-8-20/h5-12,15H,13-14,16H2,1-4H3,(H,29,34). The molecular weight excluding hydrogens is 433 g/mol. The first kappa shape index (κ1) is 23.4. The van der Waals surface area contributed by atoms with Crippen LogP contribution in [0.2, 0.25) is 0 Å². The summed E-state index contributed by atoms with van der Waals surface area (Å²) in [5, 5.41) is 2.75. The molecule has 3 amide bonds. The summed E-state index contributed by atoms with van der Waals surface area (Å²) in [5.41, 5.74) is 3.67. The van der Waals surface area contributed by atoms with E-state index in [1.165, 1.54) is 12.1 Å². The average molecular weight is 462 g/mol. The lowest BCUT2D eigenvalue weighted by Crippen LogP contribution is -2.41. The van der Waals surface area contributed by atoms with E-state index in [0.717, 1.165) is 27.4 Å². The number of carbonyl (C=O) groups is 3. The van der Waals surface area contributed by atoms with Gasteiger partial charge < -0.3 is 9.88 Å². The predicted octanol–water partition coefficient (Wildman–Crippen LogP) is 4.45. The van der Waals surface area contributed by atoms with Crippen molar-refractivity contribution in [3.05, 3.63) is 94.1 Å². The van der Waals surface area contributed by atoms with Crippen LogP contribution >= 0.6 is 0 Å². The highest BCUT2D eigenvalue weighted by atomic mass is 19.1. The summed E-state index contributed by atoms with van der Waals surface area (Å²) >= 11 is 0. The van der Waals surface area contributed by atoms with Gasteiger partial charge in [0.2, 0.25) is 0 Å². The van der Waals surface area contributed by atoms with E-state index in [9.17, 15) is 18.8 Å². The fourth-order valence-corrected chi connectivity index (χ4v) is 4.47. The molecule has 4 rings (SSSR count). The van der Waals surface area contributed by atoms with E-state index in [1.54, 1.807) is 25.1 Å². The molecule has 0 radical (unpaired) electrons. The Kier molecular flexibility index (Phi) is 6.13. The van der Waals surface area contributed by atoms with E-state index < -0.39 is 17.5 Å². The molecular formula is C27H28FN3O3. The van der Waals surface area contributed by atoms with Crippen LogP contribution in [0.1, 0.15) is 45.4 Å². The first-order chi connectivity index (χ1) is 16.1. The second-order valence-corrected chi connectivity index (χ2v) is 9.05. The van der Waals surface area contributed by atoms with Crippen LogP contribution in [0.5, 0.6) is 0 Å². The summed E-state index contributed by atoms with van der Waals surface area (Å²) in [4.78, 5) is 40.0. The number of ketones is 1. The molecule has 1 aliphatic rings. The lowest BCUT2D eigenvalue weighted by Gasteiger charge is -2.22. The molecule has 1 fully saturated rings. The maximum absolute atomic E-state index is 13.2. The Morgan fingerprint density at radius 1 is 1.00 bits per heavy atom. The number of hydrogen-bond donors (Lipinski definition) is 1. The number of aryl methyl sites for hydroxylation is 3. The van der Waals surface area contributed by atoms with Crippen molar-refractivity contribution in [2.24, 2.45) is 0 Å². The van der Waals surface area contributed by atoms with Crippen LogP contribution < -0.4 is 5.32 Å². The van der Waals surface area contributed by atoms with Crippen LogP contribution in [-0.2, 0) is 23.3 Å². The van der Waals surface area contributed by atoms with Gasteiger partial charge in [0, 0.05) is 23.5 Å². The van der Waals surface area contributed by atoms with Crippen molar-refractivity contribution < 1.29 is 18.8 Å². The second-order valence-electron chi connectivity index (χ2n) is 9.05. The molecule has 176 valence electrons. The molecule has 1 unspecified atom stereocenters. The third kappa shape index (κ3) is 4.25. The SMILES string of the molecule is Cc1ccc(C2(C)NC(=O)N(CC(=O)c3cc(C)n(CCc4ccc(F)cc4)c3C)C2=O)cc1. The Bertz CT molecular complexity index is 1260. The zero-order valence-corrected chi connectivity index (χ0v) is 19.8. The van der Waals surface area contributed by atoms with Gasteiger partial charge in [-0.15, -0.1) is 0 Å². The summed E-state index contributed by atoms with van der Waals surface area (Å²) in [6, 6.07) is 15.0. The lowest BCUT2D eigenvalue weighted by atomic mass is 9.91. The number of hydrogen-bond acceptors (Lipinski definition) is 3. The van der Waals surface area contributed by atoms with Gasteiger partial charge in [0.15, 0.2) is 5.78 Å². The first-order valence-electron chi connectivity index (χ1n) is 11.3. The molecule has 34 heavy (non-hydrogen) atoms. The zero-order valence-electron chi connectivity index (χ0n) is 19.8. The van der Waals surface area contributed by atoms with Crippen molar-refractivity contribution in [1.29, 1.82) is 0 Å². The molecule has 2 aromatic carbocycles. The maximum Gasteiger partial charge on any atom is 0.325 e. The van der Waals surface area contributed by atoms with Crippen LogP contribution in [0.15, 0.2) is 54.6 Å². The van der Waals surface area contributed by atoms with E-state index in [1.807, 2.05) is 49.6 Å². The monoisotopic (exact) mass is 461 g/mol. The van der Waals surface area contributed by atoms with Crippen molar-refractivity contribution in [3.8, 4) is 0 Å². The molecule has 1 aliphatic heterocycles. The third-order valence-corrected chi connectivity index (χ3v) is 6.62. The fraction of sp³-hybridized carbons (Fsp3) is 0.296. The van der Waals surface area contributed by atoms with E-state index in [0.29, 0.717) is 24.1 Å². The highest BCUT2D eigenvalue weighted by Crippen LogP contribution is 2.29. The molecule has 0 spiro atoms. The number of Topliss-reactive ketones (excluding diaryl/α,β-unsaturated/α-hetero) is 1. The quantitative estimate of drug-likeness (QED) is 0.418. The van der Waals surface area contributed by atoms with Gasteiger partial charge in [-0.3, -0.25) is 14.5 Å². The largest absolute Gasteiger partial charge is 0.348 e. The van der Waals surface area contributed by atoms with Gasteiger partial charge in [0.05, 0.1) is 6.54 Å². The van der Waals surface area contributed by atoms with Gasteiger partial charge in [0.25, 0.3) is 5.91 Å². The second kappa shape index (κ2) is 8.89. The summed E-state index contributed by atoms with van der Waals surface area (Å²) in [6.07, 6.45) is 0.687. The molecule has 1 atom stereocenters. The minimum atomic E-state index is -1.21. The number of nitrogens with zero attached hydrogens (tertiary/aromatic N) is 2. The van der Waals surface area contributed by atoms with Gasteiger partial charge in [-0.1, -0.05) is 42.0 Å². The van der Waals surface area contributed by atoms with E-state index >= 15 is 0 Å². The summed E-state index contributed by atoms with van der Waals surface area (Å²) in [6.45, 7) is 7.68. The Balaban J connectivity index is 1.49. The normalized spacial score (nSPS) is 17.9. The van der Waals surface area contributed by atoms with Gasteiger partial charge in [-0.25, -0.2) is 9.18 Å². The van der Waals surface area contributed by atoms with Crippen LogP contribution in [0.3, 0.4) is 0 Å². The lowest BCUT2D eigenvalue weighted by molar-refractivity contribution is -0.130. The number of nitrogens with one attached hydrogen (secondary N) is 1. The van der Waals surface area contributed by atoms with Crippen molar-refractivity contribution in [3.63, 3.8) is 0 Å². The van der Waals surface area contributed by atoms with Crippen molar-refractivity contribution >= 4 is 17.7 Å². The molecule has 0 saturated carbocycles. The van der Waals surface area contributed by atoms with Gasteiger partial charge >= 0.3 is 6.03 Å². The highest BCUT2D eigenvalue weighted by Gasteiger charge is 2.49. The van der Waals surface area contributed by atoms with Crippen LogP contribution in [-0.4, -0.2) is 33.7 Å². The molecule has 1 saturated heterocycles. The molecule has 6 nitrogen and oxygen atoms in total. The minimum absolute atomic E-state index is 0.274. The summed E-state index contributed by atoms with van der Waals surface area (Å²) < 4.78 is 15.2. The van der Waals surface area contributed by atoms with Crippen molar-refractivity contribution in [2.75, 3.05) is 6.54 Å². The van der Waals surface area contributed by atoms with E-state index in [4.69, 9.17) is 0 Å². The number of aromatic nitrogens is 1. The van der Waals surface area contributed by atoms with E-state index in [2.05, 4.69) is 5.32 Å². The number of imide groups is 1. The Morgan fingerprint density at radius 3 is 2.29 bits per heavy atom. The van der Waals surface area contributed by atoms with Gasteiger partial charge in [0.1, 0.15) is 11.4 Å². The number of halogens is 1. The Morgan fingerprint density at radius 2 is 1.65 bits per heavy atom. The molecule has 1 aromatic heterocycles. The van der Waals surface area contributed by atoms with E-state index in [-0.39, 0.29) is 18.1 Å². The number of amides is 3. The third-order valence-electron chi connectivity index (χ3n) is 6.62. The summed E-state index contributed by atoms with van der Waals surface area (Å²) in [5.74, 6) is -1.01. The Labute approximate surface area is 198 Å². The molecule has 0 aliphatic carbocycles. The van der Waals surface area contributed by atoms with Gasteiger partial charge in [-0.2, -0.15) is 0 Å². The fourth-order valence-electron chi connectivity index (χ4n) is 4.47. The smallest absolute Gasteiger partial charge is 0.325 e. The maximum atomic E-state index is 13.2. The molecule has 3 aromatic rings. The molecule has 0 bridgehead atoms. The average Bonchev–Trinajstić information content (AvgIpc) is 3.21. The predicted molar refractivity (Wildman–Crippen MR) is 127 cm³/mol. The summed E-state index contributed by atoms with van der Waals surface area (Å²) in [7, 11) is 0. The number of rotatable bonds is 7. The molecule has 1 N–H and O–H groups in total. The van der Waals surface area contributed by atoms with Gasteiger partial charge in [-0.05, 0) is 63.4 Å². The van der Waals surface area contributed by atoms with Crippen molar-refractivity contribution in [2.45, 2.75) is 46.2 Å². The zero-order chi connectivity index (χ0) is 24.6. The van der Waals surface area contributed by atoms with Crippen LogP contribution in [0.25, 0.3) is 0 Å². The van der Waals surface area contributed by atoms with Crippen LogP contribution in [0.4, 0.5) is 9.18 Å². The molecule has 7 heteroatoms. The molecule has 2 heterocycles. The van der Waals surface area contributed by atoms with Crippen molar-refractivity contribution in [1.82, 2.24) is 14.8 Å². The number of urea groups is 1. The number of carbonyl (C=O) groups excluding carboxylic acids is 3. The first-order valence-corrected chi connectivity index (χ1v) is 11.3. The number of benzene rings is 2. The Hall–Kier alpha value is -3.74. The van der Waals surface area contributed by atoms with Crippen LogP contribution in [0, 0.1) is 26.6 Å².